The Morgan fingerprint density at radius 2 is 1.90 bits per heavy atom. The molecule has 2 rings (SSSR count). The monoisotopic (exact) mass is 291 g/mol. The average molecular weight is 291 g/mol. The molecule has 0 saturated heterocycles. The first kappa shape index (κ1) is 14.5. The molecule has 5 nitrogen and oxygen atoms in total. The fraction of sp³-hybridized carbons (Fsp3) is 0.214. The largest absolute Gasteiger partial charge is 0.325 e. The SMILES string of the molecule is Cc1ccccc1N(C)S(=O)(=O)c1ccc(CN)nc1. The number of nitrogens with zero attached hydrogens (tertiary/aromatic N) is 2. The maximum absolute atomic E-state index is 12.5. The third-order valence-corrected chi connectivity index (χ3v) is 4.87. The van der Waals surface area contributed by atoms with E-state index < -0.39 is 10.0 Å². The molecule has 0 aliphatic carbocycles. The molecule has 106 valence electrons. The van der Waals surface area contributed by atoms with Gasteiger partial charge in [-0.2, -0.15) is 0 Å². The van der Waals surface area contributed by atoms with Gasteiger partial charge in [0.15, 0.2) is 0 Å². The molecular formula is C14H17N3O2S. The Balaban J connectivity index is 2.41. The van der Waals surface area contributed by atoms with E-state index in [1.807, 2.05) is 25.1 Å². The van der Waals surface area contributed by atoms with Gasteiger partial charge in [-0.25, -0.2) is 8.42 Å². The molecule has 2 N–H and O–H groups in total. The quantitative estimate of drug-likeness (QED) is 0.929. The van der Waals surface area contributed by atoms with Crippen molar-refractivity contribution in [1.29, 1.82) is 0 Å². The lowest BCUT2D eigenvalue weighted by Crippen LogP contribution is -2.27. The number of hydrogen-bond acceptors (Lipinski definition) is 4. The highest BCUT2D eigenvalue weighted by atomic mass is 32.2. The summed E-state index contributed by atoms with van der Waals surface area (Å²) < 4.78 is 26.3. The van der Waals surface area contributed by atoms with Gasteiger partial charge in [0.1, 0.15) is 4.90 Å². The van der Waals surface area contributed by atoms with Crippen molar-refractivity contribution in [3.8, 4) is 0 Å². The number of aryl methyl sites for hydroxylation is 1. The number of nitrogens with two attached hydrogens (primary N) is 1. The average Bonchev–Trinajstić information content (AvgIpc) is 2.47. The van der Waals surface area contributed by atoms with Gasteiger partial charge in [-0.15, -0.1) is 0 Å². The predicted molar refractivity (Wildman–Crippen MR) is 78.9 cm³/mol. The maximum Gasteiger partial charge on any atom is 0.265 e. The molecule has 0 bridgehead atoms. The molecule has 0 amide bonds. The molecule has 0 aliphatic heterocycles. The summed E-state index contributed by atoms with van der Waals surface area (Å²) in [7, 11) is -2.07. The molecule has 0 aliphatic rings. The lowest BCUT2D eigenvalue weighted by Gasteiger charge is -2.21. The highest BCUT2D eigenvalue weighted by molar-refractivity contribution is 7.92. The molecule has 6 heteroatoms. The highest BCUT2D eigenvalue weighted by Gasteiger charge is 2.22. The third kappa shape index (κ3) is 2.66. The number of benzene rings is 1. The van der Waals surface area contributed by atoms with Crippen molar-refractivity contribution in [3.63, 3.8) is 0 Å². The molecule has 0 unspecified atom stereocenters. The Morgan fingerprint density at radius 3 is 2.45 bits per heavy atom. The zero-order chi connectivity index (χ0) is 14.8. The van der Waals surface area contributed by atoms with Crippen LogP contribution < -0.4 is 10.0 Å². The topological polar surface area (TPSA) is 76.3 Å². The summed E-state index contributed by atoms with van der Waals surface area (Å²) in [4.78, 5) is 4.18. The summed E-state index contributed by atoms with van der Waals surface area (Å²) >= 11 is 0. The van der Waals surface area contributed by atoms with Gasteiger partial charge in [-0.1, -0.05) is 18.2 Å². The molecule has 20 heavy (non-hydrogen) atoms. The van der Waals surface area contributed by atoms with E-state index >= 15 is 0 Å². The molecule has 1 aromatic carbocycles. The molecule has 0 radical (unpaired) electrons. The van der Waals surface area contributed by atoms with Crippen molar-refractivity contribution in [2.45, 2.75) is 18.4 Å². The smallest absolute Gasteiger partial charge is 0.265 e. The van der Waals surface area contributed by atoms with Gasteiger partial charge in [-0.3, -0.25) is 9.29 Å². The molecule has 2 aromatic rings. The number of rotatable bonds is 4. The van der Waals surface area contributed by atoms with Gasteiger partial charge in [-0.05, 0) is 30.7 Å². The van der Waals surface area contributed by atoms with E-state index in [-0.39, 0.29) is 11.4 Å². The molecule has 0 atom stereocenters. The number of anilines is 1. The Bertz CT molecular complexity index is 697. The Morgan fingerprint density at radius 1 is 1.20 bits per heavy atom. The van der Waals surface area contributed by atoms with Crippen molar-refractivity contribution >= 4 is 15.7 Å². The van der Waals surface area contributed by atoms with E-state index in [0.717, 1.165) is 5.56 Å². The standard InChI is InChI=1S/C14H17N3O2S/c1-11-5-3-4-6-14(11)17(2)20(18,19)13-8-7-12(9-15)16-10-13/h3-8,10H,9,15H2,1-2H3. The molecule has 1 aromatic heterocycles. The maximum atomic E-state index is 12.5. The van der Waals surface area contributed by atoms with E-state index in [0.29, 0.717) is 11.4 Å². The van der Waals surface area contributed by atoms with Gasteiger partial charge in [0.2, 0.25) is 0 Å². The fourth-order valence-electron chi connectivity index (χ4n) is 1.89. The molecular weight excluding hydrogens is 274 g/mol. The Hall–Kier alpha value is -1.92. The minimum Gasteiger partial charge on any atom is -0.325 e. The second kappa shape index (κ2) is 5.60. The van der Waals surface area contributed by atoms with Gasteiger partial charge >= 0.3 is 0 Å². The number of aromatic nitrogens is 1. The normalized spacial score (nSPS) is 11.3. The highest BCUT2D eigenvalue weighted by Crippen LogP contribution is 2.24. The van der Waals surface area contributed by atoms with Crippen LogP contribution in [0, 0.1) is 6.92 Å². The van der Waals surface area contributed by atoms with Crippen LogP contribution in [0.1, 0.15) is 11.3 Å². The summed E-state index contributed by atoms with van der Waals surface area (Å²) in [6, 6.07) is 10.5. The van der Waals surface area contributed by atoms with Crippen LogP contribution >= 0.6 is 0 Å². The number of pyridine rings is 1. The minimum atomic E-state index is -3.61. The van der Waals surface area contributed by atoms with Gasteiger partial charge in [0, 0.05) is 19.8 Å². The second-order valence-corrected chi connectivity index (χ2v) is 6.42. The number of para-hydroxylation sites is 1. The summed E-state index contributed by atoms with van der Waals surface area (Å²) in [6.07, 6.45) is 1.34. The van der Waals surface area contributed by atoms with Crippen molar-refractivity contribution in [2.75, 3.05) is 11.4 Å². The van der Waals surface area contributed by atoms with E-state index in [4.69, 9.17) is 5.73 Å². The van der Waals surface area contributed by atoms with Crippen molar-refractivity contribution in [3.05, 3.63) is 53.9 Å². The third-order valence-electron chi connectivity index (χ3n) is 3.12. The minimum absolute atomic E-state index is 0.153. The van der Waals surface area contributed by atoms with Crippen LogP contribution in [0.2, 0.25) is 0 Å². The van der Waals surface area contributed by atoms with Gasteiger partial charge < -0.3 is 5.73 Å². The van der Waals surface area contributed by atoms with E-state index in [1.54, 1.807) is 12.1 Å². The first-order valence-electron chi connectivity index (χ1n) is 6.16. The lowest BCUT2D eigenvalue weighted by molar-refractivity contribution is 0.593. The first-order valence-corrected chi connectivity index (χ1v) is 7.60. The summed E-state index contributed by atoms with van der Waals surface area (Å²) in [5, 5.41) is 0. The van der Waals surface area contributed by atoms with Gasteiger partial charge in [0.25, 0.3) is 10.0 Å². The summed E-state index contributed by atoms with van der Waals surface area (Å²) in [5.74, 6) is 0. The Kier molecular flexibility index (Phi) is 4.06. The van der Waals surface area contributed by atoms with Crippen LogP contribution in [0.3, 0.4) is 0 Å². The van der Waals surface area contributed by atoms with Crippen LogP contribution in [0.25, 0.3) is 0 Å². The van der Waals surface area contributed by atoms with Crippen molar-refractivity contribution in [2.24, 2.45) is 5.73 Å². The number of hydrogen-bond donors (Lipinski definition) is 1. The predicted octanol–water partition coefficient (Wildman–Crippen LogP) is 1.67. The molecule has 0 spiro atoms. The summed E-state index contributed by atoms with van der Waals surface area (Å²) in [5.41, 5.74) is 7.65. The fourth-order valence-corrected chi connectivity index (χ4v) is 3.09. The zero-order valence-electron chi connectivity index (χ0n) is 11.4. The van der Waals surface area contributed by atoms with Crippen LogP contribution in [0.5, 0.6) is 0 Å². The summed E-state index contributed by atoms with van der Waals surface area (Å²) in [6.45, 7) is 2.16. The molecule has 0 saturated carbocycles. The van der Waals surface area contributed by atoms with E-state index in [1.165, 1.54) is 23.6 Å². The first-order chi connectivity index (χ1) is 9.46. The molecule has 1 heterocycles. The van der Waals surface area contributed by atoms with E-state index in [9.17, 15) is 8.42 Å². The Labute approximate surface area is 119 Å². The van der Waals surface area contributed by atoms with Crippen molar-refractivity contribution < 1.29 is 8.42 Å². The van der Waals surface area contributed by atoms with Gasteiger partial charge in [0.05, 0.1) is 11.4 Å². The molecule has 0 fully saturated rings. The lowest BCUT2D eigenvalue weighted by atomic mass is 10.2. The van der Waals surface area contributed by atoms with Crippen LogP contribution in [-0.2, 0) is 16.6 Å². The van der Waals surface area contributed by atoms with Crippen LogP contribution in [0.15, 0.2) is 47.5 Å². The zero-order valence-corrected chi connectivity index (χ0v) is 12.3. The van der Waals surface area contributed by atoms with E-state index in [2.05, 4.69) is 4.98 Å². The van der Waals surface area contributed by atoms with Crippen LogP contribution in [0.4, 0.5) is 5.69 Å². The number of sulfonamides is 1. The van der Waals surface area contributed by atoms with Crippen LogP contribution in [-0.4, -0.2) is 20.4 Å². The second-order valence-electron chi connectivity index (χ2n) is 4.45. The van der Waals surface area contributed by atoms with Crippen molar-refractivity contribution in [1.82, 2.24) is 4.98 Å².